The van der Waals surface area contributed by atoms with Gasteiger partial charge in [-0.25, -0.2) is 9.78 Å². The van der Waals surface area contributed by atoms with Gasteiger partial charge in [-0.3, -0.25) is 19.5 Å². The molecule has 0 bridgehead atoms. The summed E-state index contributed by atoms with van der Waals surface area (Å²) in [4.78, 5) is 41.9. The number of methoxy groups -OCH3 is 1. The monoisotopic (exact) mass is 382 g/mol. The number of fused-ring (bicyclic) bond motifs is 3. The number of rotatable bonds is 6. The summed E-state index contributed by atoms with van der Waals surface area (Å²) >= 11 is 2.65. The SMILES string of the molecule is COCCn1c(SCC(=O)NC(N)=O)nc2sc3c(c2c1=O)CCC3. The Morgan fingerprint density at radius 2 is 2.24 bits per heavy atom. The van der Waals surface area contributed by atoms with Gasteiger partial charge in [0.05, 0.1) is 24.3 Å². The Labute approximate surface area is 151 Å². The predicted octanol–water partition coefficient (Wildman–Crippen LogP) is 0.880. The number of hydrogen-bond donors (Lipinski definition) is 2. The second-order valence-corrected chi connectivity index (χ2v) is 7.61. The molecule has 0 unspecified atom stereocenters. The van der Waals surface area contributed by atoms with Crippen LogP contribution in [0.1, 0.15) is 16.9 Å². The van der Waals surface area contributed by atoms with Crippen molar-refractivity contribution in [2.75, 3.05) is 19.5 Å². The third kappa shape index (κ3) is 3.70. The molecule has 0 atom stereocenters. The number of primary amides is 1. The van der Waals surface area contributed by atoms with Gasteiger partial charge in [0.2, 0.25) is 5.91 Å². The molecule has 134 valence electrons. The van der Waals surface area contributed by atoms with Crippen LogP contribution in [0.3, 0.4) is 0 Å². The highest BCUT2D eigenvalue weighted by atomic mass is 32.2. The third-order valence-corrected chi connectivity index (χ3v) is 6.07. The van der Waals surface area contributed by atoms with Crippen LogP contribution in [0.5, 0.6) is 0 Å². The minimum absolute atomic E-state index is 0.0566. The van der Waals surface area contributed by atoms with Crippen LogP contribution >= 0.6 is 23.1 Å². The number of aryl methyl sites for hydroxylation is 2. The largest absolute Gasteiger partial charge is 0.383 e. The van der Waals surface area contributed by atoms with E-state index in [2.05, 4.69) is 4.98 Å². The number of thiophene rings is 1. The van der Waals surface area contributed by atoms with E-state index >= 15 is 0 Å². The van der Waals surface area contributed by atoms with E-state index in [-0.39, 0.29) is 11.3 Å². The van der Waals surface area contributed by atoms with Crippen LogP contribution < -0.4 is 16.6 Å². The van der Waals surface area contributed by atoms with Crippen LogP contribution in [-0.4, -0.2) is 41.0 Å². The average Bonchev–Trinajstić information content (AvgIpc) is 3.11. The summed E-state index contributed by atoms with van der Waals surface area (Å²) in [7, 11) is 1.56. The number of carbonyl (C=O) groups excluding carboxylic acids is 2. The molecule has 0 spiro atoms. The molecule has 3 amide bonds. The van der Waals surface area contributed by atoms with Crippen molar-refractivity contribution in [3.8, 4) is 0 Å². The third-order valence-electron chi connectivity index (χ3n) is 3.90. The normalized spacial score (nSPS) is 13.2. The van der Waals surface area contributed by atoms with Gasteiger partial charge < -0.3 is 10.5 Å². The number of nitrogens with one attached hydrogen (secondary N) is 1. The highest BCUT2D eigenvalue weighted by Gasteiger charge is 2.23. The lowest BCUT2D eigenvalue weighted by molar-refractivity contribution is -0.117. The van der Waals surface area contributed by atoms with Gasteiger partial charge in [-0.05, 0) is 24.8 Å². The van der Waals surface area contributed by atoms with Gasteiger partial charge in [0.25, 0.3) is 5.56 Å². The number of amides is 3. The number of nitrogens with two attached hydrogens (primary N) is 1. The van der Waals surface area contributed by atoms with Crippen LogP contribution in [0.25, 0.3) is 10.2 Å². The molecule has 0 aromatic carbocycles. The Bertz CT molecular complexity index is 890. The average molecular weight is 382 g/mol. The lowest BCUT2D eigenvalue weighted by atomic mass is 10.2. The molecule has 0 aliphatic heterocycles. The highest BCUT2D eigenvalue weighted by molar-refractivity contribution is 7.99. The van der Waals surface area contributed by atoms with Gasteiger partial charge in [-0.2, -0.15) is 0 Å². The minimum Gasteiger partial charge on any atom is -0.383 e. The van der Waals surface area contributed by atoms with Crippen molar-refractivity contribution in [3.05, 3.63) is 20.8 Å². The van der Waals surface area contributed by atoms with E-state index in [1.54, 1.807) is 23.0 Å². The first kappa shape index (κ1) is 17.9. The summed E-state index contributed by atoms with van der Waals surface area (Å²) in [6, 6.07) is -0.902. The quantitative estimate of drug-likeness (QED) is 0.566. The van der Waals surface area contributed by atoms with E-state index in [9.17, 15) is 14.4 Å². The molecule has 8 nitrogen and oxygen atoms in total. The lowest BCUT2D eigenvalue weighted by Gasteiger charge is -2.11. The summed E-state index contributed by atoms with van der Waals surface area (Å²) < 4.78 is 6.63. The lowest BCUT2D eigenvalue weighted by Crippen LogP contribution is -2.36. The molecule has 3 rings (SSSR count). The van der Waals surface area contributed by atoms with E-state index in [4.69, 9.17) is 10.5 Å². The van der Waals surface area contributed by atoms with Crippen LogP contribution in [0.4, 0.5) is 4.79 Å². The Balaban J connectivity index is 1.96. The fraction of sp³-hybridized carbons (Fsp3) is 0.467. The summed E-state index contributed by atoms with van der Waals surface area (Å²) in [5.74, 6) is -0.585. The van der Waals surface area contributed by atoms with Crippen molar-refractivity contribution in [1.82, 2.24) is 14.9 Å². The van der Waals surface area contributed by atoms with E-state index in [0.29, 0.717) is 28.5 Å². The van der Waals surface area contributed by atoms with Crippen molar-refractivity contribution >= 4 is 45.3 Å². The van der Waals surface area contributed by atoms with Crippen LogP contribution in [0.2, 0.25) is 0 Å². The number of hydrogen-bond acceptors (Lipinski definition) is 7. The van der Waals surface area contributed by atoms with Crippen molar-refractivity contribution in [2.45, 2.75) is 31.0 Å². The molecule has 10 heteroatoms. The molecular formula is C15H18N4O4S2. The Morgan fingerprint density at radius 3 is 2.96 bits per heavy atom. The summed E-state index contributed by atoms with van der Waals surface area (Å²) in [5, 5.41) is 3.13. The number of carbonyl (C=O) groups is 2. The van der Waals surface area contributed by atoms with Gasteiger partial charge in [-0.1, -0.05) is 11.8 Å². The van der Waals surface area contributed by atoms with Gasteiger partial charge >= 0.3 is 6.03 Å². The van der Waals surface area contributed by atoms with Gasteiger partial charge in [-0.15, -0.1) is 11.3 Å². The fourth-order valence-electron chi connectivity index (χ4n) is 2.85. The topological polar surface area (TPSA) is 116 Å². The second-order valence-electron chi connectivity index (χ2n) is 5.58. The molecule has 2 aromatic rings. The molecule has 0 saturated carbocycles. The number of ether oxygens (including phenoxy) is 1. The number of urea groups is 1. The summed E-state index contributed by atoms with van der Waals surface area (Å²) in [6.45, 7) is 0.711. The van der Waals surface area contributed by atoms with E-state index in [1.165, 1.54) is 4.88 Å². The Morgan fingerprint density at radius 1 is 1.44 bits per heavy atom. The molecule has 0 saturated heterocycles. The van der Waals surface area contributed by atoms with Gasteiger partial charge in [0, 0.05) is 12.0 Å². The molecule has 2 aromatic heterocycles. The molecule has 1 aliphatic rings. The van der Waals surface area contributed by atoms with Crippen molar-refractivity contribution in [2.24, 2.45) is 5.73 Å². The maximum atomic E-state index is 13.0. The van der Waals surface area contributed by atoms with Crippen molar-refractivity contribution in [3.63, 3.8) is 0 Å². The zero-order chi connectivity index (χ0) is 18.0. The Hall–Kier alpha value is -1.91. The maximum absolute atomic E-state index is 13.0. The number of thioether (sulfide) groups is 1. The van der Waals surface area contributed by atoms with Crippen molar-refractivity contribution in [1.29, 1.82) is 0 Å². The summed E-state index contributed by atoms with van der Waals surface area (Å²) in [6.07, 6.45) is 2.96. The minimum atomic E-state index is -0.902. The summed E-state index contributed by atoms with van der Waals surface area (Å²) in [5.41, 5.74) is 5.95. The highest BCUT2D eigenvalue weighted by Crippen LogP contribution is 2.35. The van der Waals surface area contributed by atoms with E-state index in [1.807, 2.05) is 5.32 Å². The zero-order valence-corrected chi connectivity index (χ0v) is 15.3. The molecule has 2 heterocycles. The van der Waals surface area contributed by atoms with E-state index < -0.39 is 11.9 Å². The van der Waals surface area contributed by atoms with Crippen molar-refractivity contribution < 1.29 is 14.3 Å². The Kier molecular flexibility index (Phi) is 5.40. The first-order valence-electron chi connectivity index (χ1n) is 7.77. The first-order valence-corrected chi connectivity index (χ1v) is 9.57. The van der Waals surface area contributed by atoms with Crippen LogP contribution in [-0.2, 0) is 28.9 Å². The molecule has 0 radical (unpaired) electrons. The maximum Gasteiger partial charge on any atom is 0.318 e. The number of aromatic nitrogens is 2. The van der Waals surface area contributed by atoms with Crippen LogP contribution in [0.15, 0.2) is 9.95 Å². The first-order chi connectivity index (χ1) is 12.0. The standard InChI is InChI=1S/C15H18N4O4S2/c1-23-6-5-19-13(21)11-8-3-2-4-9(8)25-12(11)18-15(19)24-7-10(20)17-14(16)22/h2-7H2,1H3,(H3,16,17,20,22). The smallest absolute Gasteiger partial charge is 0.318 e. The number of nitrogens with zero attached hydrogens (tertiary/aromatic N) is 2. The molecule has 25 heavy (non-hydrogen) atoms. The van der Waals surface area contributed by atoms with E-state index in [0.717, 1.165) is 36.6 Å². The van der Waals surface area contributed by atoms with Crippen LogP contribution in [0, 0.1) is 0 Å². The number of imide groups is 1. The molecule has 0 fully saturated rings. The molecular weight excluding hydrogens is 364 g/mol. The fourth-order valence-corrected chi connectivity index (χ4v) is 4.98. The second kappa shape index (κ2) is 7.54. The molecule has 1 aliphatic carbocycles. The molecule has 3 N–H and O–H groups in total. The van der Waals surface area contributed by atoms with Gasteiger partial charge in [0.1, 0.15) is 4.83 Å². The zero-order valence-electron chi connectivity index (χ0n) is 13.7. The van der Waals surface area contributed by atoms with Gasteiger partial charge in [0.15, 0.2) is 5.16 Å². The predicted molar refractivity (Wildman–Crippen MR) is 96.2 cm³/mol.